The molecule has 1 aromatic heterocycles. The predicted molar refractivity (Wildman–Crippen MR) is 104 cm³/mol. The first-order valence-corrected chi connectivity index (χ1v) is 8.55. The number of benzene rings is 2. The Morgan fingerprint density at radius 3 is 2.46 bits per heavy atom. The molecule has 0 aliphatic carbocycles. The maximum absolute atomic E-state index is 12.4. The van der Waals surface area contributed by atoms with Crippen LogP contribution in [0.2, 0.25) is 0 Å². The molecule has 0 aliphatic rings. The van der Waals surface area contributed by atoms with Crippen LogP contribution in [-0.4, -0.2) is 15.9 Å². The first kappa shape index (κ1) is 17.6. The maximum Gasteiger partial charge on any atom is 0.271 e. The number of anilines is 2. The van der Waals surface area contributed by atoms with Gasteiger partial charge in [-0.1, -0.05) is 42.5 Å². The summed E-state index contributed by atoms with van der Waals surface area (Å²) in [7, 11) is 0. The van der Waals surface area contributed by atoms with Crippen molar-refractivity contribution in [1.82, 2.24) is 15.3 Å². The van der Waals surface area contributed by atoms with Gasteiger partial charge in [0.15, 0.2) is 0 Å². The van der Waals surface area contributed by atoms with Gasteiger partial charge in [-0.05, 0) is 43.5 Å². The Labute approximate surface area is 153 Å². The van der Waals surface area contributed by atoms with E-state index in [1.807, 2.05) is 51.1 Å². The Morgan fingerprint density at radius 1 is 1.00 bits per heavy atom. The molecule has 2 N–H and O–H groups in total. The van der Waals surface area contributed by atoms with E-state index in [-0.39, 0.29) is 11.9 Å². The summed E-state index contributed by atoms with van der Waals surface area (Å²) in [5, 5.41) is 6.18. The number of aryl methyl sites for hydroxylation is 2. The van der Waals surface area contributed by atoms with Crippen LogP contribution >= 0.6 is 0 Å². The predicted octanol–water partition coefficient (Wildman–Crippen LogP) is 4.33. The van der Waals surface area contributed by atoms with Gasteiger partial charge in [0.1, 0.15) is 11.5 Å². The Bertz CT molecular complexity index is 892. The molecule has 2 aromatic carbocycles. The van der Waals surface area contributed by atoms with Crippen LogP contribution in [0.5, 0.6) is 0 Å². The van der Waals surface area contributed by atoms with Crippen molar-refractivity contribution in [2.45, 2.75) is 26.8 Å². The first-order valence-electron chi connectivity index (χ1n) is 8.55. The molecule has 0 saturated heterocycles. The molecular formula is C21H22N4O. The summed E-state index contributed by atoms with van der Waals surface area (Å²) >= 11 is 0. The average molecular weight is 346 g/mol. The standard InChI is InChI=1S/C21H22N4O/c1-14-9-10-15(2)18(11-14)25-20-13-22-19(12-23-20)21(26)24-16(3)17-7-5-4-6-8-17/h4-13,16H,1-3H3,(H,23,25)(H,24,26). The molecule has 1 atom stereocenters. The van der Waals surface area contributed by atoms with Crippen LogP contribution in [0.4, 0.5) is 11.5 Å². The summed E-state index contributed by atoms with van der Waals surface area (Å²) in [4.78, 5) is 20.9. The van der Waals surface area contributed by atoms with Crippen molar-refractivity contribution in [2.24, 2.45) is 0 Å². The molecule has 132 valence electrons. The molecule has 5 heteroatoms. The van der Waals surface area contributed by atoms with Crippen molar-refractivity contribution in [1.29, 1.82) is 0 Å². The summed E-state index contributed by atoms with van der Waals surface area (Å²) in [6.07, 6.45) is 3.06. The highest BCUT2D eigenvalue weighted by Crippen LogP contribution is 2.20. The van der Waals surface area contributed by atoms with Gasteiger partial charge in [0.2, 0.25) is 0 Å². The molecule has 0 spiro atoms. The lowest BCUT2D eigenvalue weighted by Crippen LogP contribution is -2.27. The lowest BCUT2D eigenvalue weighted by Gasteiger charge is -2.14. The fourth-order valence-electron chi connectivity index (χ4n) is 2.61. The average Bonchev–Trinajstić information content (AvgIpc) is 2.66. The largest absolute Gasteiger partial charge is 0.344 e. The van der Waals surface area contributed by atoms with Crippen LogP contribution in [0.25, 0.3) is 0 Å². The molecule has 0 saturated carbocycles. The summed E-state index contributed by atoms with van der Waals surface area (Å²) in [6, 6.07) is 15.9. The van der Waals surface area contributed by atoms with Gasteiger partial charge in [0.25, 0.3) is 5.91 Å². The second-order valence-corrected chi connectivity index (χ2v) is 6.34. The van der Waals surface area contributed by atoms with Gasteiger partial charge in [0, 0.05) is 5.69 Å². The highest BCUT2D eigenvalue weighted by molar-refractivity contribution is 5.92. The number of nitrogens with one attached hydrogen (secondary N) is 2. The van der Waals surface area contributed by atoms with Crippen molar-refractivity contribution in [2.75, 3.05) is 5.32 Å². The number of carbonyl (C=O) groups is 1. The van der Waals surface area contributed by atoms with Crippen LogP contribution in [0.15, 0.2) is 60.9 Å². The monoisotopic (exact) mass is 346 g/mol. The fourth-order valence-corrected chi connectivity index (χ4v) is 2.61. The third-order valence-electron chi connectivity index (χ3n) is 4.19. The molecule has 26 heavy (non-hydrogen) atoms. The Hall–Kier alpha value is -3.21. The number of amides is 1. The molecule has 0 aliphatic heterocycles. The van der Waals surface area contributed by atoms with Crippen LogP contribution in [0.1, 0.15) is 40.1 Å². The Balaban J connectivity index is 1.67. The lowest BCUT2D eigenvalue weighted by atomic mass is 10.1. The molecule has 3 rings (SSSR count). The molecule has 0 fully saturated rings. The smallest absolute Gasteiger partial charge is 0.271 e. The van der Waals surface area contributed by atoms with Gasteiger partial charge in [-0.3, -0.25) is 4.79 Å². The molecule has 1 heterocycles. The van der Waals surface area contributed by atoms with Gasteiger partial charge in [-0.15, -0.1) is 0 Å². The minimum absolute atomic E-state index is 0.0988. The second-order valence-electron chi connectivity index (χ2n) is 6.34. The number of nitrogens with zero attached hydrogens (tertiary/aromatic N) is 2. The van der Waals surface area contributed by atoms with Crippen molar-refractivity contribution >= 4 is 17.4 Å². The molecule has 3 aromatic rings. The van der Waals surface area contributed by atoms with E-state index < -0.39 is 0 Å². The third kappa shape index (κ3) is 4.25. The summed E-state index contributed by atoms with van der Waals surface area (Å²) < 4.78 is 0. The number of hydrogen-bond donors (Lipinski definition) is 2. The first-order chi connectivity index (χ1) is 12.5. The lowest BCUT2D eigenvalue weighted by molar-refractivity contribution is 0.0934. The Morgan fingerprint density at radius 2 is 1.77 bits per heavy atom. The highest BCUT2D eigenvalue weighted by atomic mass is 16.1. The normalized spacial score (nSPS) is 11.7. The molecule has 0 bridgehead atoms. The minimum Gasteiger partial charge on any atom is -0.344 e. The minimum atomic E-state index is -0.243. The van der Waals surface area contributed by atoms with Crippen molar-refractivity contribution in [3.8, 4) is 0 Å². The molecule has 0 radical (unpaired) electrons. The van der Waals surface area contributed by atoms with Crippen LogP contribution in [0.3, 0.4) is 0 Å². The third-order valence-corrected chi connectivity index (χ3v) is 4.19. The van der Waals surface area contributed by atoms with E-state index in [9.17, 15) is 4.79 Å². The van der Waals surface area contributed by atoms with Gasteiger partial charge in [-0.25, -0.2) is 9.97 Å². The molecule has 1 amide bonds. The van der Waals surface area contributed by atoms with E-state index in [1.54, 1.807) is 6.20 Å². The number of hydrogen-bond acceptors (Lipinski definition) is 4. The Kier molecular flexibility index (Phi) is 5.27. The zero-order valence-corrected chi connectivity index (χ0v) is 15.2. The van der Waals surface area contributed by atoms with Gasteiger partial charge in [-0.2, -0.15) is 0 Å². The zero-order valence-electron chi connectivity index (χ0n) is 15.2. The van der Waals surface area contributed by atoms with E-state index in [2.05, 4.69) is 38.8 Å². The van der Waals surface area contributed by atoms with Crippen molar-refractivity contribution in [3.05, 3.63) is 83.3 Å². The van der Waals surface area contributed by atoms with Gasteiger partial charge < -0.3 is 10.6 Å². The molecule has 5 nitrogen and oxygen atoms in total. The van der Waals surface area contributed by atoms with E-state index in [4.69, 9.17) is 0 Å². The van der Waals surface area contributed by atoms with E-state index in [1.165, 1.54) is 6.20 Å². The van der Waals surface area contributed by atoms with Crippen molar-refractivity contribution in [3.63, 3.8) is 0 Å². The van der Waals surface area contributed by atoms with E-state index in [0.717, 1.165) is 22.4 Å². The SMILES string of the molecule is Cc1ccc(C)c(Nc2cnc(C(=O)NC(C)c3ccccc3)cn2)c1. The van der Waals surface area contributed by atoms with Crippen LogP contribution in [0, 0.1) is 13.8 Å². The number of carbonyl (C=O) groups excluding carboxylic acids is 1. The quantitative estimate of drug-likeness (QED) is 0.722. The van der Waals surface area contributed by atoms with Crippen LogP contribution < -0.4 is 10.6 Å². The zero-order chi connectivity index (χ0) is 18.5. The van der Waals surface area contributed by atoms with E-state index >= 15 is 0 Å². The van der Waals surface area contributed by atoms with Crippen LogP contribution in [-0.2, 0) is 0 Å². The molecular weight excluding hydrogens is 324 g/mol. The van der Waals surface area contributed by atoms with E-state index in [0.29, 0.717) is 11.5 Å². The summed E-state index contributed by atoms with van der Waals surface area (Å²) in [6.45, 7) is 6.01. The second kappa shape index (κ2) is 7.78. The fraction of sp³-hybridized carbons (Fsp3) is 0.190. The molecule has 1 unspecified atom stereocenters. The summed E-state index contributed by atoms with van der Waals surface area (Å²) in [5.74, 6) is 0.360. The highest BCUT2D eigenvalue weighted by Gasteiger charge is 2.13. The van der Waals surface area contributed by atoms with Crippen molar-refractivity contribution < 1.29 is 4.79 Å². The topological polar surface area (TPSA) is 66.9 Å². The maximum atomic E-state index is 12.4. The van der Waals surface area contributed by atoms with Gasteiger partial charge >= 0.3 is 0 Å². The summed E-state index contributed by atoms with van der Waals surface area (Å²) in [5.41, 5.74) is 4.60. The number of aromatic nitrogens is 2. The van der Waals surface area contributed by atoms with Gasteiger partial charge in [0.05, 0.1) is 18.4 Å². The number of rotatable bonds is 5.